The molecule has 142 valence electrons. The van der Waals surface area contributed by atoms with Crippen LogP contribution in [0.4, 0.5) is 5.95 Å². The molecule has 0 aromatic carbocycles. The minimum atomic E-state index is -1.59. The van der Waals surface area contributed by atoms with E-state index in [1.54, 1.807) is 0 Å². The number of nitrogens with one attached hydrogen (secondary N) is 1. The van der Waals surface area contributed by atoms with E-state index < -0.39 is 54.9 Å². The third-order valence-electron chi connectivity index (χ3n) is 4.12. The van der Waals surface area contributed by atoms with Gasteiger partial charge in [-0.15, -0.1) is 0 Å². The van der Waals surface area contributed by atoms with Gasteiger partial charge in [-0.05, 0) is 0 Å². The molecule has 1 fully saturated rings. The summed E-state index contributed by atoms with van der Waals surface area (Å²) >= 11 is 0. The van der Waals surface area contributed by atoms with E-state index in [9.17, 15) is 29.7 Å². The number of aliphatic hydroxyl groups excluding tert-OH is 3. The highest BCUT2D eigenvalue weighted by molar-refractivity contribution is 5.76. The highest BCUT2D eigenvalue weighted by atomic mass is 16.6. The third kappa shape index (κ3) is 2.66. The van der Waals surface area contributed by atoms with Crippen molar-refractivity contribution in [3.63, 3.8) is 0 Å². The number of H-pyrrole nitrogens is 1. The lowest BCUT2D eigenvalue weighted by atomic mass is 10.1. The summed E-state index contributed by atoms with van der Waals surface area (Å²) in [5.74, 6) is -1.11. The van der Waals surface area contributed by atoms with Gasteiger partial charge in [0.1, 0.15) is 24.9 Å². The van der Waals surface area contributed by atoms with E-state index >= 15 is 0 Å². The number of aromatic amines is 1. The Balaban J connectivity index is 2.26. The van der Waals surface area contributed by atoms with Crippen LogP contribution in [-0.4, -0.2) is 72.4 Å². The van der Waals surface area contributed by atoms with Crippen molar-refractivity contribution in [3.05, 3.63) is 20.8 Å². The molecule has 2 aromatic rings. The number of fused-ring (bicyclic) bond motifs is 1. The highest BCUT2D eigenvalue weighted by Crippen LogP contribution is 2.30. The average molecular weight is 371 g/mol. The summed E-state index contributed by atoms with van der Waals surface area (Å²) in [6, 6.07) is 0. The molecule has 0 spiro atoms. The summed E-state index contributed by atoms with van der Waals surface area (Å²) in [6.07, 6.45) is -5.68. The number of carbonyl (C=O) groups excluding carboxylic acids is 1. The maximum absolute atomic E-state index is 12.8. The lowest BCUT2D eigenvalue weighted by Crippen LogP contribution is -2.36. The number of hydrogen-bond acceptors (Lipinski definition) is 10. The SMILES string of the molecule is COC(=O)Cn1c(=O)n([C@@H]2O[C@@H](CO)[C@H](O)[C@H]2O)c2nc(N)[nH]c(=O)c21. The highest BCUT2D eigenvalue weighted by Gasteiger charge is 2.45. The van der Waals surface area contributed by atoms with E-state index in [0.717, 1.165) is 16.2 Å². The number of methoxy groups -OCH3 is 1. The molecule has 1 saturated heterocycles. The van der Waals surface area contributed by atoms with Crippen LogP contribution in [0, 0.1) is 0 Å². The molecule has 13 heteroatoms. The molecule has 0 radical (unpaired) electrons. The van der Waals surface area contributed by atoms with Crippen LogP contribution < -0.4 is 17.0 Å². The molecule has 6 N–H and O–H groups in total. The molecular formula is C13H17N5O8. The van der Waals surface area contributed by atoms with Gasteiger partial charge >= 0.3 is 11.7 Å². The molecule has 0 aliphatic carbocycles. The number of nitrogen functional groups attached to an aromatic ring is 1. The van der Waals surface area contributed by atoms with Crippen molar-refractivity contribution in [2.24, 2.45) is 0 Å². The monoisotopic (exact) mass is 371 g/mol. The van der Waals surface area contributed by atoms with Crippen LogP contribution in [0.3, 0.4) is 0 Å². The fraction of sp³-hybridized carbons (Fsp3) is 0.538. The number of nitrogens with zero attached hydrogens (tertiary/aromatic N) is 3. The molecule has 0 unspecified atom stereocenters. The Morgan fingerprint density at radius 1 is 1.38 bits per heavy atom. The summed E-state index contributed by atoms with van der Waals surface area (Å²) < 4.78 is 11.4. The lowest BCUT2D eigenvalue weighted by molar-refractivity contribution is -0.141. The Morgan fingerprint density at radius 3 is 2.65 bits per heavy atom. The summed E-state index contributed by atoms with van der Waals surface area (Å²) in [4.78, 5) is 42.7. The molecule has 2 aromatic heterocycles. The van der Waals surface area contributed by atoms with Gasteiger partial charge in [0.2, 0.25) is 5.95 Å². The average Bonchev–Trinajstić information content (AvgIpc) is 3.02. The van der Waals surface area contributed by atoms with E-state index in [1.807, 2.05) is 0 Å². The van der Waals surface area contributed by atoms with Crippen molar-refractivity contribution in [2.45, 2.75) is 31.1 Å². The van der Waals surface area contributed by atoms with Crippen LogP contribution in [-0.2, 0) is 20.8 Å². The molecule has 3 rings (SSSR count). The predicted molar refractivity (Wildman–Crippen MR) is 84.1 cm³/mol. The Kier molecular flexibility index (Phi) is 4.53. The van der Waals surface area contributed by atoms with Gasteiger partial charge in [0, 0.05) is 0 Å². The largest absolute Gasteiger partial charge is 0.468 e. The molecule has 0 amide bonds. The zero-order valence-electron chi connectivity index (χ0n) is 13.5. The molecular weight excluding hydrogens is 354 g/mol. The molecule has 1 aliphatic rings. The van der Waals surface area contributed by atoms with Crippen molar-refractivity contribution in [2.75, 3.05) is 19.5 Å². The van der Waals surface area contributed by atoms with E-state index in [0.29, 0.717) is 0 Å². The van der Waals surface area contributed by atoms with Gasteiger partial charge < -0.3 is 30.5 Å². The zero-order chi connectivity index (χ0) is 19.2. The van der Waals surface area contributed by atoms with E-state index in [4.69, 9.17) is 10.5 Å². The fourth-order valence-corrected chi connectivity index (χ4v) is 2.86. The zero-order valence-corrected chi connectivity index (χ0v) is 13.5. The first-order chi connectivity index (χ1) is 12.3. The minimum Gasteiger partial charge on any atom is -0.468 e. The van der Waals surface area contributed by atoms with Crippen LogP contribution in [0.1, 0.15) is 6.23 Å². The number of hydrogen-bond donors (Lipinski definition) is 5. The van der Waals surface area contributed by atoms with Gasteiger partial charge in [0.05, 0.1) is 13.7 Å². The van der Waals surface area contributed by atoms with Crippen LogP contribution in [0.25, 0.3) is 11.2 Å². The Bertz CT molecular complexity index is 962. The van der Waals surface area contributed by atoms with Gasteiger partial charge in [0.15, 0.2) is 17.4 Å². The van der Waals surface area contributed by atoms with Gasteiger partial charge in [0.25, 0.3) is 5.56 Å². The van der Waals surface area contributed by atoms with Gasteiger partial charge in [-0.2, -0.15) is 4.98 Å². The quantitative estimate of drug-likeness (QED) is 0.333. The number of aliphatic hydroxyl groups is 3. The van der Waals surface area contributed by atoms with Crippen LogP contribution in [0.5, 0.6) is 0 Å². The van der Waals surface area contributed by atoms with Gasteiger partial charge in [-0.3, -0.25) is 19.1 Å². The van der Waals surface area contributed by atoms with Crippen LogP contribution in [0.2, 0.25) is 0 Å². The second kappa shape index (κ2) is 6.53. The lowest BCUT2D eigenvalue weighted by Gasteiger charge is -2.15. The first kappa shape index (κ1) is 18.1. The fourth-order valence-electron chi connectivity index (χ4n) is 2.86. The molecule has 4 atom stereocenters. The van der Waals surface area contributed by atoms with Crippen molar-refractivity contribution in [1.29, 1.82) is 0 Å². The van der Waals surface area contributed by atoms with Crippen LogP contribution >= 0.6 is 0 Å². The Hall–Kier alpha value is -2.74. The second-order valence-electron chi connectivity index (χ2n) is 5.67. The predicted octanol–water partition coefficient (Wildman–Crippen LogP) is -3.75. The summed E-state index contributed by atoms with van der Waals surface area (Å²) in [5.41, 5.74) is 3.27. The number of rotatable bonds is 4. The van der Waals surface area contributed by atoms with Crippen molar-refractivity contribution < 1.29 is 29.6 Å². The van der Waals surface area contributed by atoms with Gasteiger partial charge in [-0.25, -0.2) is 9.36 Å². The van der Waals surface area contributed by atoms with Crippen molar-refractivity contribution in [1.82, 2.24) is 19.1 Å². The van der Waals surface area contributed by atoms with E-state index in [2.05, 4.69) is 14.7 Å². The maximum atomic E-state index is 12.8. The first-order valence-electron chi connectivity index (χ1n) is 7.50. The standard InChI is InChI=1S/C13H17N5O8/c1-25-5(20)2-17-6-9(15-12(14)16-10(6)23)18(13(17)24)11-8(22)7(21)4(3-19)26-11/h4,7-8,11,19,21-22H,2-3H2,1H3,(H3,14,15,16,23)/t4-,7-,8+,11+/m0/s1. The number of imidazole rings is 1. The van der Waals surface area contributed by atoms with E-state index in [-0.39, 0.29) is 17.1 Å². The van der Waals surface area contributed by atoms with Crippen LogP contribution in [0.15, 0.2) is 9.59 Å². The topological polar surface area (TPSA) is 195 Å². The number of anilines is 1. The first-order valence-corrected chi connectivity index (χ1v) is 7.50. The second-order valence-corrected chi connectivity index (χ2v) is 5.67. The summed E-state index contributed by atoms with van der Waals surface area (Å²) in [5, 5.41) is 29.3. The number of esters is 1. The molecule has 0 bridgehead atoms. The molecule has 1 aliphatic heterocycles. The van der Waals surface area contributed by atoms with Gasteiger partial charge in [-0.1, -0.05) is 0 Å². The third-order valence-corrected chi connectivity index (χ3v) is 4.12. The maximum Gasteiger partial charge on any atom is 0.333 e. The number of aromatic nitrogens is 4. The smallest absolute Gasteiger partial charge is 0.333 e. The molecule has 26 heavy (non-hydrogen) atoms. The minimum absolute atomic E-state index is 0.255. The number of nitrogens with two attached hydrogens (primary N) is 1. The number of ether oxygens (including phenoxy) is 2. The van der Waals surface area contributed by atoms with Crippen molar-refractivity contribution in [3.8, 4) is 0 Å². The summed E-state index contributed by atoms with van der Waals surface area (Å²) in [6.45, 7) is -1.21. The molecule has 13 nitrogen and oxygen atoms in total. The normalized spacial score (nSPS) is 25.7. The molecule has 0 saturated carbocycles. The Morgan fingerprint density at radius 2 is 2.08 bits per heavy atom. The number of carbonyl (C=O) groups is 1. The molecule has 3 heterocycles. The summed E-state index contributed by atoms with van der Waals surface area (Å²) in [7, 11) is 1.11. The Labute approximate surface area is 144 Å². The van der Waals surface area contributed by atoms with E-state index in [1.165, 1.54) is 0 Å². The van der Waals surface area contributed by atoms with Crippen molar-refractivity contribution >= 4 is 23.1 Å².